The lowest BCUT2D eigenvalue weighted by atomic mass is 9.82. The van der Waals surface area contributed by atoms with Crippen LogP contribution in [0.5, 0.6) is 5.75 Å². The van der Waals surface area contributed by atoms with Crippen LogP contribution in [-0.4, -0.2) is 42.3 Å². The van der Waals surface area contributed by atoms with Crippen molar-refractivity contribution in [2.75, 3.05) is 18.4 Å². The smallest absolute Gasteiger partial charge is 0.321 e. The molecule has 5 heteroatoms. The molecule has 130 valence electrons. The van der Waals surface area contributed by atoms with Crippen LogP contribution in [0.4, 0.5) is 10.5 Å². The number of anilines is 1. The molecular weight excluding hydrogens is 304 g/mol. The van der Waals surface area contributed by atoms with Gasteiger partial charge in [-0.2, -0.15) is 0 Å². The number of ether oxygens (including phenoxy) is 2. The summed E-state index contributed by atoms with van der Waals surface area (Å²) < 4.78 is 11.8. The standard InChI is InChI=1S/C19H26N2O3/c1-3-12(2)23-14-6-4-5-13(9-14)20-19(22)21-10-15-16(11-21)18-8-7-17(15)24-18/h4-6,9,12,15-18H,3,7-8,10-11H2,1-2H3,(H,20,22). The summed E-state index contributed by atoms with van der Waals surface area (Å²) in [4.78, 5) is 14.6. The molecule has 2 amide bonds. The van der Waals surface area contributed by atoms with Crippen molar-refractivity contribution in [1.82, 2.24) is 4.90 Å². The van der Waals surface area contributed by atoms with Crippen LogP contribution in [0.25, 0.3) is 0 Å². The van der Waals surface area contributed by atoms with Crippen LogP contribution < -0.4 is 10.1 Å². The number of hydrogen-bond acceptors (Lipinski definition) is 3. The normalized spacial score (nSPS) is 31.8. The zero-order chi connectivity index (χ0) is 16.7. The van der Waals surface area contributed by atoms with Gasteiger partial charge in [-0.05, 0) is 38.3 Å². The van der Waals surface area contributed by atoms with Crippen LogP contribution >= 0.6 is 0 Å². The van der Waals surface area contributed by atoms with Gasteiger partial charge in [0.2, 0.25) is 0 Å². The molecule has 24 heavy (non-hydrogen) atoms. The van der Waals surface area contributed by atoms with Gasteiger partial charge in [0.25, 0.3) is 0 Å². The summed E-state index contributed by atoms with van der Waals surface area (Å²) in [5.41, 5.74) is 0.789. The van der Waals surface area contributed by atoms with Crippen molar-refractivity contribution in [2.24, 2.45) is 11.8 Å². The fourth-order valence-electron chi connectivity index (χ4n) is 4.29. The molecule has 1 aromatic rings. The SMILES string of the molecule is CCC(C)Oc1cccc(NC(=O)N2CC3C4CCC(O4)C3C2)c1. The van der Waals surface area contributed by atoms with E-state index in [0.29, 0.717) is 24.0 Å². The van der Waals surface area contributed by atoms with Crippen molar-refractivity contribution < 1.29 is 14.3 Å². The maximum absolute atomic E-state index is 12.6. The van der Waals surface area contributed by atoms with Gasteiger partial charge in [-0.15, -0.1) is 0 Å². The van der Waals surface area contributed by atoms with Crippen LogP contribution in [0, 0.1) is 11.8 Å². The number of nitrogens with zero attached hydrogens (tertiary/aromatic N) is 1. The van der Waals surface area contributed by atoms with Gasteiger partial charge in [0.05, 0.1) is 18.3 Å². The van der Waals surface area contributed by atoms with Gasteiger partial charge in [-0.3, -0.25) is 0 Å². The average Bonchev–Trinajstić information content (AvgIpc) is 3.27. The second-order valence-corrected chi connectivity index (χ2v) is 7.32. The third-order valence-corrected chi connectivity index (χ3v) is 5.74. The topological polar surface area (TPSA) is 50.8 Å². The molecule has 3 saturated heterocycles. The molecule has 5 unspecified atom stereocenters. The summed E-state index contributed by atoms with van der Waals surface area (Å²) in [6.07, 6.45) is 4.21. The third-order valence-electron chi connectivity index (χ3n) is 5.74. The number of benzene rings is 1. The van der Waals surface area contributed by atoms with Gasteiger partial charge in [0.1, 0.15) is 5.75 Å². The van der Waals surface area contributed by atoms with Crippen LogP contribution in [0.3, 0.4) is 0 Å². The van der Waals surface area contributed by atoms with Gasteiger partial charge in [0, 0.05) is 36.7 Å². The first kappa shape index (κ1) is 15.8. The lowest BCUT2D eigenvalue weighted by molar-refractivity contribution is 0.0747. The van der Waals surface area contributed by atoms with Crippen molar-refractivity contribution >= 4 is 11.7 Å². The van der Waals surface area contributed by atoms with Crippen molar-refractivity contribution in [3.8, 4) is 5.75 Å². The Morgan fingerprint density at radius 2 is 2.04 bits per heavy atom. The minimum atomic E-state index is -0.00973. The highest BCUT2D eigenvalue weighted by atomic mass is 16.5. The summed E-state index contributed by atoms with van der Waals surface area (Å²) in [6.45, 7) is 5.78. The predicted octanol–water partition coefficient (Wildman–Crippen LogP) is 3.51. The van der Waals surface area contributed by atoms with Gasteiger partial charge in [-0.1, -0.05) is 13.0 Å². The Balaban J connectivity index is 1.37. The number of likely N-dealkylation sites (tertiary alicyclic amines) is 1. The molecule has 3 aliphatic heterocycles. The van der Waals surface area contributed by atoms with E-state index in [1.807, 2.05) is 36.1 Å². The van der Waals surface area contributed by atoms with E-state index in [1.54, 1.807) is 0 Å². The molecule has 0 aliphatic carbocycles. The molecular formula is C19H26N2O3. The first-order valence-corrected chi connectivity index (χ1v) is 9.12. The molecule has 0 radical (unpaired) electrons. The minimum absolute atomic E-state index is 0.00973. The Hall–Kier alpha value is -1.75. The average molecular weight is 330 g/mol. The zero-order valence-corrected chi connectivity index (χ0v) is 14.4. The van der Waals surface area contributed by atoms with Crippen molar-refractivity contribution in [3.05, 3.63) is 24.3 Å². The second kappa shape index (κ2) is 6.28. The molecule has 0 aromatic heterocycles. The summed E-state index contributed by atoms with van der Waals surface area (Å²) >= 11 is 0. The fourth-order valence-corrected chi connectivity index (χ4v) is 4.29. The number of fused-ring (bicyclic) bond motifs is 5. The molecule has 5 atom stereocenters. The highest BCUT2D eigenvalue weighted by molar-refractivity contribution is 5.89. The maximum atomic E-state index is 12.6. The van der Waals surface area contributed by atoms with Crippen molar-refractivity contribution in [3.63, 3.8) is 0 Å². The molecule has 3 fully saturated rings. The van der Waals surface area contributed by atoms with Crippen LogP contribution in [-0.2, 0) is 4.74 Å². The Kier molecular flexibility index (Phi) is 4.12. The number of nitrogens with one attached hydrogen (secondary N) is 1. The first-order valence-electron chi connectivity index (χ1n) is 9.12. The first-order chi connectivity index (χ1) is 11.6. The van der Waals surface area contributed by atoms with E-state index in [2.05, 4.69) is 12.2 Å². The Labute approximate surface area is 143 Å². The van der Waals surface area contributed by atoms with Crippen LogP contribution in [0.2, 0.25) is 0 Å². The number of carbonyl (C=O) groups is 1. The van der Waals surface area contributed by atoms with E-state index in [0.717, 1.165) is 43.8 Å². The van der Waals surface area contributed by atoms with E-state index < -0.39 is 0 Å². The molecule has 5 nitrogen and oxygen atoms in total. The lowest BCUT2D eigenvalue weighted by Gasteiger charge is -2.20. The third kappa shape index (κ3) is 2.86. The zero-order valence-electron chi connectivity index (χ0n) is 14.4. The van der Waals surface area contributed by atoms with Crippen LogP contribution in [0.15, 0.2) is 24.3 Å². The van der Waals surface area contributed by atoms with Gasteiger partial charge >= 0.3 is 6.03 Å². The monoisotopic (exact) mass is 330 g/mol. The number of hydrogen-bond donors (Lipinski definition) is 1. The van der Waals surface area contributed by atoms with Crippen molar-refractivity contribution in [2.45, 2.75) is 51.4 Å². The lowest BCUT2D eigenvalue weighted by Crippen LogP contribution is -2.35. The van der Waals surface area contributed by atoms with E-state index >= 15 is 0 Å². The van der Waals surface area contributed by atoms with E-state index in [-0.39, 0.29) is 12.1 Å². The minimum Gasteiger partial charge on any atom is -0.491 e. The highest BCUT2D eigenvalue weighted by Gasteiger charge is 2.53. The summed E-state index contributed by atoms with van der Waals surface area (Å²) in [6, 6.07) is 7.64. The molecule has 1 N–H and O–H groups in total. The molecule has 4 rings (SSSR count). The van der Waals surface area contributed by atoms with E-state index in [1.165, 1.54) is 0 Å². The Morgan fingerprint density at radius 3 is 2.71 bits per heavy atom. The van der Waals surface area contributed by atoms with Gasteiger partial charge in [-0.25, -0.2) is 4.79 Å². The van der Waals surface area contributed by atoms with Crippen molar-refractivity contribution in [1.29, 1.82) is 0 Å². The quantitative estimate of drug-likeness (QED) is 0.919. The molecule has 1 aromatic carbocycles. The summed E-state index contributed by atoms with van der Waals surface area (Å²) in [7, 11) is 0. The number of amides is 2. The Bertz CT molecular complexity index is 602. The molecule has 3 heterocycles. The van der Waals surface area contributed by atoms with E-state index in [9.17, 15) is 4.79 Å². The molecule has 2 bridgehead atoms. The van der Waals surface area contributed by atoms with E-state index in [4.69, 9.17) is 9.47 Å². The number of carbonyl (C=O) groups excluding carboxylic acids is 1. The maximum Gasteiger partial charge on any atom is 0.321 e. The second-order valence-electron chi connectivity index (χ2n) is 7.32. The molecule has 0 saturated carbocycles. The Morgan fingerprint density at radius 1 is 1.33 bits per heavy atom. The molecule has 3 aliphatic rings. The molecule has 0 spiro atoms. The summed E-state index contributed by atoms with van der Waals surface area (Å²) in [5, 5.41) is 3.02. The van der Waals surface area contributed by atoms with Crippen LogP contribution in [0.1, 0.15) is 33.1 Å². The highest BCUT2D eigenvalue weighted by Crippen LogP contribution is 2.47. The number of rotatable bonds is 4. The predicted molar refractivity (Wildman–Crippen MR) is 92.3 cm³/mol. The fraction of sp³-hybridized carbons (Fsp3) is 0.632. The van der Waals surface area contributed by atoms with Gasteiger partial charge < -0.3 is 19.7 Å². The number of urea groups is 1. The largest absolute Gasteiger partial charge is 0.491 e. The summed E-state index contributed by atoms with van der Waals surface area (Å²) in [5.74, 6) is 1.87. The van der Waals surface area contributed by atoms with Gasteiger partial charge in [0.15, 0.2) is 0 Å².